The van der Waals surface area contributed by atoms with Gasteiger partial charge in [-0.25, -0.2) is 0 Å². The molecule has 0 fully saturated rings. The van der Waals surface area contributed by atoms with E-state index in [-0.39, 0.29) is 5.91 Å². The predicted molar refractivity (Wildman–Crippen MR) is 87.7 cm³/mol. The molecule has 0 aliphatic rings. The van der Waals surface area contributed by atoms with E-state index in [0.29, 0.717) is 6.54 Å². The number of halogens is 1. The van der Waals surface area contributed by atoms with E-state index < -0.39 is 0 Å². The molecule has 2 aromatic rings. The second-order valence-corrected chi connectivity index (χ2v) is 5.88. The van der Waals surface area contributed by atoms with Crippen molar-refractivity contribution in [3.8, 4) is 5.75 Å². The number of ether oxygens (including phenoxy) is 1. The van der Waals surface area contributed by atoms with Crippen LogP contribution in [0.3, 0.4) is 0 Å². The Kier molecular flexibility index (Phi) is 5.02. The Hall–Kier alpha value is -1.81. The van der Waals surface area contributed by atoms with Gasteiger partial charge in [-0.15, -0.1) is 0 Å². The lowest BCUT2D eigenvalue weighted by molar-refractivity contribution is 0.0784. The molecule has 0 bridgehead atoms. The molecule has 2 aromatic carbocycles. The zero-order valence-corrected chi connectivity index (χ0v) is 14.0. The summed E-state index contributed by atoms with van der Waals surface area (Å²) in [6.45, 7) is 2.51. The fourth-order valence-electron chi connectivity index (χ4n) is 2.11. The zero-order chi connectivity index (χ0) is 15.4. The summed E-state index contributed by atoms with van der Waals surface area (Å²) in [7, 11) is 3.45. The highest BCUT2D eigenvalue weighted by Crippen LogP contribution is 2.19. The number of hydrogen-bond acceptors (Lipinski definition) is 2. The Morgan fingerprint density at radius 1 is 1.19 bits per heavy atom. The van der Waals surface area contributed by atoms with Crippen molar-refractivity contribution in [3.05, 3.63) is 63.6 Å². The first-order valence-corrected chi connectivity index (χ1v) is 7.45. The normalized spacial score (nSPS) is 10.3. The molecule has 1 amide bonds. The fraction of sp³-hybridized carbons (Fsp3) is 0.235. The zero-order valence-electron chi connectivity index (χ0n) is 12.4. The van der Waals surface area contributed by atoms with Gasteiger partial charge in [0.05, 0.1) is 7.11 Å². The minimum absolute atomic E-state index is 0.0182. The average Bonchev–Trinajstić information content (AvgIpc) is 2.49. The number of benzene rings is 2. The number of hydrogen-bond donors (Lipinski definition) is 0. The lowest BCUT2D eigenvalue weighted by Crippen LogP contribution is -2.26. The van der Waals surface area contributed by atoms with Crippen LogP contribution in [0.25, 0.3) is 0 Å². The topological polar surface area (TPSA) is 29.5 Å². The smallest absolute Gasteiger partial charge is 0.254 e. The Morgan fingerprint density at radius 2 is 1.86 bits per heavy atom. The molecule has 0 atom stereocenters. The van der Waals surface area contributed by atoms with Crippen molar-refractivity contribution in [2.24, 2.45) is 0 Å². The van der Waals surface area contributed by atoms with Gasteiger partial charge in [-0.05, 0) is 42.3 Å². The highest BCUT2D eigenvalue weighted by Gasteiger charge is 2.14. The van der Waals surface area contributed by atoms with E-state index in [1.54, 1.807) is 12.0 Å². The van der Waals surface area contributed by atoms with Crippen LogP contribution in [0, 0.1) is 6.92 Å². The van der Waals surface area contributed by atoms with Crippen molar-refractivity contribution in [1.29, 1.82) is 0 Å². The summed E-state index contributed by atoms with van der Waals surface area (Å²) in [6.07, 6.45) is 0. The van der Waals surface area contributed by atoms with Gasteiger partial charge in [-0.2, -0.15) is 0 Å². The van der Waals surface area contributed by atoms with E-state index in [0.717, 1.165) is 26.9 Å². The lowest BCUT2D eigenvalue weighted by Gasteiger charge is -2.19. The molecule has 2 rings (SSSR count). The molecule has 0 aromatic heterocycles. The van der Waals surface area contributed by atoms with E-state index in [9.17, 15) is 4.79 Å². The van der Waals surface area contributed by atoms with Gasteiger partial charge in [0.1, 0.15) is 5.75 Å². The van der Waals surface area contributed by atoms with E-state index >= 15 is 0 Å². The molecule has 0 unspecified atom stereocenters. The molecule has 0 spiro atoms. The van der Waals surface area contributed by atoms with Gasteiger partial charge in [0.15, 0.2) is 0 Å². The average molecular weight is 348 g/mol. The standard InChI is InChI=1S/C17H18BrNO2/c1-12-4-7-14(18)10-16(12)17(20)19(2)11-13-5-8-15(21-3)9-6-13/h4-10H,11H2,1-3H3. The van der Waals surface area contributed by atoms with Gasteiger partial charge in [0.25, 0.3) is 5.91 Å². The number of amides is 1. The van der Waals surface area contributed by atoms with Crippen LogP contribution in [0.1, 0.15) is 21.5 Å². The Labute approximate surface area is 133 Å². The quantitative estimate of drug-likeness (QED) is 0.835. The monoisotopic (exact) mass is 347 g/mol. The van der Waals surface area contributed by atoms with Gasteiger partial charge in [0, 0.05) is 23.6 Å². The van der Waals surface area contributed by atoms with Crippen molar-refractivity contribution in [2.45, 2.75) is 13.5 Å². The number of carbonyl (C=O) groups excluding carboxylic acids is 1. The van der Waals surface area contributed by atoms with E-state index in [4.69, 9.17) is 4.74 Å². The summed E-state index contributed by atoms with van der Waals surface area (Å²) in [5.74, 6) is 0.834. The van der Waals surface area contributed by atoms with Gasteiger partial charge >= 0.3 is 0 Å². The number of rotatable bonds is 4. The maximum atomic E-state index is 12.5. The molecule has 0 heterocycles. The summed E-state index contributed by atoms with van der Waals surface area (Å²) in [5, 5.41) is 0. The molecular weight excluding hydrogens is 330 g/mol. The lowest BCUT2D eigenvalue weighted by atomic mass is 10.1. The van der Waals surface area contributed by atoms with Gasteiger partial charge < -0.3 is 9.64 Å². The van der Waals surface area contributed by atoms with Crippen LogP contribution < -0.4 is 4.74 Å². The maximum Gasteiger partial charge on any atom is 0.254 e. The second-order valence-electron chi connectivity index (χ2n) is 4.97. The van der Waals surface area contributed by atoms with Gasteiger partial charge in [0.2, 0.25) is 0 Å². The SMILES string of the molecule is COc1ccc(CN(C)C(=O)c2cc(Br)ccc2C)cc1. The van der Waals surface area contributed by atoms with Gasteiger partial charge in [-0.3, -0.25) is 4.79 Å². The fourth-order valence-corrected chi connectivity index (χ4v) is 2.47. The number of nitrogens with zero attached hydrogens (tertiary/aromatic N) is 1. The Balaban J connectivity index is 2.13. The van der Waals surface area contributed by atoms with Crippen LogP contribution in [0.2, 0.25) is 0 Å². The third kappa shape index (κ3) is 3.85. The maximum absolute atomic E-state index is 12.5. The summed E-state index contributed by atoms with van der Waals surface area (Å²) in [4.78, 5) is 14.2. The van der Waals surface area contributed by atoms with E-state index in [1.807, 2.05) is 56.4 Å². The molecule has 0 aliphatic heterocycles. The van der Waals surface area contributed by atoms with Crippen LogP contribution in [0.4, 0.5) is 0 Å². The number of carbonyl (C=O) groups is 1. The molecule has 110 valence electrons. The first kappa shape index (κ1) is 15.6. The molecule has 4 heteroatoms. The van der Waals surface area contributed by atoms with E-state index in [1.165, 1.54) is 0 Å². The summed E-state index contributed by atoms with van der Waals surface area (Å²) in [6, 6.07) is 13.5. The van der Waals surface area contributed by atoms with Crippen molar-refractivity contribution in [2.75, 3.05) is 14.2 Å². The summed E-state index contributed by atoms with van der Waals surface area (Å²) in [5.41, 5.74) is 2.77. The van der Waals surface area contributed by atoms with Crippen molar-refractivity contribution >= 4 is 21.8 Å². The third-order valence-electron chi connectivity index (χ3n) is 3.36. The molecule has 0 radical (unpaired) electrons. The summed E-state index contributed by atoms with van der Waals surface area (Å²) >= 11 is 3.41. The van der Waals surface area contributed by atoms with Crippen LogP contribution in [0.5, 0.6) is 5.75 Å². The number of aryl methyl sites for hydroxylation is 1. The Morgan fingerprint density at radius 3 is 2.48 bits per heavy atom. The number of methoxy groups -OCH3 is 1. The van der Waals surface area contributed by atoms with Crippen LogP contribution in [-0.2, 0) is 6.54 Å². The van der Waals surface area contributed by atoms with Crippen molar-refractivity contribution in [1.82, 2.24) is 4.90 Å². The Bertz CT molecular complexity index is 638. The van der Waals surface area contributed by atoms with Crippen molar-refractivity contribution in [3.63, 3.8) is 0 Å². The second kappa shape index (κ2) is 6.76. The van der Waals surface area contributed by atoms with E-state index in [2.05, 4.69) is 15.9 Å². The third-order valence-corrected chi connectivity index (χ3v) is 3.85. The molecule has 0 saturated carbocycles. The first-order valence-electron chi connectivity index (χ1n) is 6.66. The van der Waals surface area contributed by atoms with Gasteiger partial charge in [-0.1, -0.05) is 34.1 Å². The highest BCUT2D eigenvalue weighted by molar-refractivity contribution is 9.10. The molecule has 3 nitrogen and oxygen atoms in total. The summed E-state index contributed by atoms with van der Waals surface area (Å²) < 4.78 is 6.05. The molecule has 0 saturated heterocycles. The minimum atomic E-state index is 0.0182. The van der Waals surface area contributed by atoms with Crippen molar-refractivity contribution < 1.29 is 9.53 Å². The predicted octanol–water partition coefficient (Wildman–Crippen LogP) is 4.04. The van der Waals surface area contributed by atoms with Crippen LogP contribution >= 0.6 is 15.9 Å². The first-order chi connectivity index (χ1) is 10.0. The molecule has 0 N–H and O–H groups in total. The minimum Gasteiger partial charge on any atom is -0.497 e. The van der Waals surface area contributed by atoms with Crippen LogP contribution in [0.15, 0.2) is 46.9 Å². The molecule has 0 aliphatic carbocycles. The highest BCUT2D eigenvalue weighted by atomic mass is 79.9. The van der Waals surface area contributed by atoms with Crippen LogP contribution in [-0.4, -0.2) is 25.0 Å². The largest absolute Gasteiger partial charge is 0.497 e. The molecular formula is C17H18BrNO2. The molecule has 21 heavy (non-hydrogen) atoms.